The molecular formula is C44H42N8+2. The number of aromatic nitrogens is 4. The molecule has 8 nitrogen and oxygen atoms in total. The quantitative estimate of drug-likeness (QED) is 0.141. The molecule has 0 amide bonds. The Morgan fingerprint density at radius 2 is 0.827 bits per heavy atom. The number of benzene rings is 2. The smallest absolute Gasteiger partial charge is 0.169 e. The van der Waals surface area contributed by atoms with Gasteiger partial charge in [0.25, 0.3) is 0 Å². The first kappa shape index (κ1) is 33.9. The highest BCUT2D eigenvalue weighted by molar-refractivity contribution is 5.87. The van der Waals surface area contributed by atoms with E-state index in [0.717, 1.165) is 72.7 Å². The zero-order valence-corrected chi connectivity index (χ0v) is 29.1. The van der Waals surface area contributed by atoms with Crippen LogP contribution in [0.1, 0.15) is 25.7 Å². The van der Waals surface area contributed by atoms with Gasteiger partial charge >= 0.3 is 0 Å². The van der Waals surface area contributed by atoms with Crippen LogP contribution in [0.25, 0.3) is 22.3 Å². The van der Waals surface area contributed by atoms with Gasteiger partial charge in [-0.15, -0.1) is 0 Å². The van der Waals surface area contributed by atoms with Crippen LogP contribution < -0.4 is 19.8 Å². The van der Waals surface area contributed by atoms with E-state index >= 15 is 0 Å². The van der Waals surface area contributed by atoms with E-state index in [1.807, 2.05) is 97.9 Å². The predicted molar refractivity (Wildman–Crippen MR) is 211 cm³/mol. The summed E-state index contributed by atoms with van der Waals surface area (Å²) in [6.45, 7) is 1.79. The Hall–Kier alpha value is -6.54. The lowest BCUT2D eigenvalue weighted by Gasteiger charge is -2.11. The van der Waals surface area contributed by atoms with E-state index in [1.165, 1.54) is 22.3 Å². The second kappa shape index (κ2) is 17.4. The maximum absolute atomic E-state index is 4.96. The second-order valence-electron chi connectivity index (χ2n) is 12.6. The first-order valence-electron chi connectivity index (χ1n) is 17.7. The highest BCUT2D eigenvalue weighted by Gasteiger charge is 2.08. The molecule has 1 aliphatic rings. The number of rotatable bonds is 10. The van der Waals surface area contributed by atoms with Crippen LogP contribution in [0, 0.1) is 0 Å². The average Bonchev–Trinajstić information content (AvgIpc) is 3.21. The molecule has 4 aromatic heterocycles. The highest BCUT2D eigenvalue weighted by atomic mass is 14.9. The summed E-state index contributed by atoms with van der Waals surface area (Å²) in [4.78, 5) is 18.2. The van der Waals surface area contributed by atoms with Gasteiger partial charge in [-0.1, -0.05) is 24.3 Å². The van der Waals surface area contributed by atoms with Crippen molar-refractivity contribution >= 4 is 35.2 Å². The maximum Gasteiger partial charge on any atom is 0.169 e. The van der Waals surface area contributed by atoms with Crippen LogP contribution in [0.3, 0.4) is 0 Å². The number of allylic oxidation sites excluding steroid dienone is 2. The Kier molecular flexibility index (Phi) is 11.4. The van der Waals surface area contributed by atoms with Crippen molar-refractivity contribution < 1.29 is 9.13 Å². The summed E-state index contributed by atoms with van der Waals surface area (Å²) in [6, 6.07) is 33.1. The van der Waals surface area contributed by atoms with Gasteiger partial charge in [-0.25, -0.2) is 9.13 Å². The number of hydrogen-bond acceptors (Lipinski definition) is 6. The zero-order valence-electron chi connectivity index (χ0n) is 29.1. The third kappa shape index (κ3) is 9.37. The lowest BCUT2D eigenvalue weighted by molar-refractivity contribution is -0.697. The van der Waals surface area contributed by atoms with Gasteiger partial charge < -0.3 is 10.6 Å². The fourth-order valence-corrected chi connectivity index (χ4v) is 6.03. The van der Waals surface area contributed by atoms with E-state index in [2.05, 4.69) is 103 Å². The van der Waals surface area contributed by atoms with Crippen LogP contribution in [0.5, 0.6) is 0 Å². The van der Waals surface area contributed by atoms with Crippen molar-refractivity contribution in [2.45, 2.75) is 38.8 Å². The Balaban J connectivity index is 1.04. The van der Waals surface area contributed by atoms with E-state index in [1.54, 1.807) is 0 Å². The number of aliphatic imine (C=N–C) groups is 2. The van der Waals surface area contributed by atoms with Crippen LogP contribution in [-0.2, 0) is 13.1 Å². The predicted octanol–water partition coefficient (Wildman–Crippen LogP) is 9.06. The third-order valence-electron chi connectivity index (χ3n) is 8.95. The van der Waals surface area contributed by atoms with E-state index in [9.17, 15) is 0 Å². The van der Waals surface area contributed by atoms with Gasteiger partial charge in [0.2, 0.25) is 0 Å². The van der Waals surface area contributed by atoms with Crippen LogP contribution in [-0.4, -0.2) is 22.4 Å². The summed E-state index contributed by atoms with van der Waals surface area (Å²) in [5, 5.41) is 7.08. The monoisotopic (exact) mass is 682 g/mol. The summed E-state index contributed by atoms with van der Waals surface area (Å²) < 4.78 is 4.45. The Bertz CT molecular complexity index is 2010. The van der Waals surface area contributed by atoms with Gasteiger partial charge in [-0.2, -0.15) is 0 Å². The fourth-order valence-electron chi connectivity index (χ4n) is 6.03. The number of fused-ring (bicyclic) bond motifs is 2. The first-order chi connectivity index (χ1) is 25.8. The molecule has 7 rings (SSSR count). The number of nitrogens with one attached hydrogen (secondary N) is 2. The first-order valence-corrected chi connectivity index (χ1v) is 17.7. The minimum absolute atomic E-state index is 0.852. The molecule has 5 heterocycles. The molecule has 52 heavy (non-hydrogen) atoms. The molecule has 0 unspecified atom stereocenters. The largest absolute Gasteiger partial charge is 0.360 e. The summed E-state index contributed by atoms with van der Waals surface area (Å²) in [5.41, 5.74) is 10.5. The molecule has 1 aliphatic heterocycles. The van der Waals surface area contributed by atoms with Gasteiger partial charge in [0.05, 0.1) is 22.7 Å². The normalized spacial score (nSPS) is 14.7. The molecule has 0 spiro atoms. The molecule has 8 heteroatoms. The number of anilines is 2. The zero-order chi connectivity index (χ0) is 35.2. The van der Waals surface area contributed by atoms with Gasteiger partial charge in [0, 0.05) is 86.7 Å². The van der Waals surface area contributed by atoms with E-state index in [0.29, 0.717) is 0 Å². The van der Waals surface area contributed by atoms with Crippen LogP contribution in [0.15, 0.2) is 180 Å². The van der Waals surface area contributed by atoms with Crippen LogP contribution >= 0.6 is 0 Å². The van der Waals surface area contributed by atoms with E-state index in [4.69, 9.17) is 9.98 Å². The fraction of sp³-hybridized carbons (Fsp3) is 0.136. The third-order valence-corrected chi connectivity index (χ3v) is 8.95. The van der Waals surface area contributed by atoms with Crippen molar-refractivity contribution in [2.75, 3.05) is 10.6 Å². The van der Waals surface area contributed by atoms with Crippen molar-refractivity contribution in [3.8, 4) is 22.3 Å². The average molecular weight is 683 g/mol. The standard InChI is InChI=1S/C44H41N8/c1-2-10-42-41(9-1)47-31-35(7-5-25-51-27-17-39(18-28-51)37-13-21-45-22-14-37)33-49-43-11-3-4-12-44(43)50-34-36(32-48-42)8-6-26-52-29-19-40(20-30-52)38-15-23-46-24-16-38/h1-4,9-24,27-34,45H,5-8,25-26H2/q+1/p+1/b35-31-,35-33?,36-32?,36-34-,47-31?,47-41?,48-32?,48-42?,49-33?,49-43?,50-34?,50-44?. The van der Waals surface area contributed by atoms with Crippen molar-refractivity contribution in [1.29, 1.82) is 0 Å². The van der Waals surface area contributed by atoms with Crippen molar-refractivity contribution in [3.05, 3.63) is 170 Å². The number of pyridine rings is 4. The number of hydrogen-bond donors (Lipinski definition) is 2. The van der Waals surface area contributed by atoms with Gasteiger partial charge in [-0.3, -0.25) is 20.0 Å². The van der Waals surface area contributed by atoms with Crippen LogP contribution in [0.4, 0.5) is 22.7 Å². The lowest BCUT2D eigenvalue weighted by Crippen LogP contribution is -2.32. The molecule has 0 atom stereocenters. The summed E-state index contributed by atoms with van der Waals surface area (Å²) >= 11 is 0. The SMILES string of the molecule is C1=Nc2ccccc2N/C=C(/CCC[n+]2ccc(-c3ccncc3)cc2)C=Nc2ccccc2N/C=C\1CCC[n+]1ccc(-c2ccncc2)cc1. The molecule has 256 valence electrons. The molecule has 0 bridgehead atoms. The summed E-state index contributed by atoms with van der Waals surface area (Å²) in [6.07, 6.45) is 27.6. The van der Waals surface area contributed by atoms with Crippen LogP contribution in [0.2, 0.25) is 0 Å². The van der Waals surface area contributed by atoms with Crippen molar-refractivity contribution in [1.82, 2.24) is 9.97 Å². The second-order valence-corrected chi connectivity index (χ2v) is 12.6. The van der Waals surface area contributed by atoms with Gasteiger partial charge in [0.15, 0.2) is 24.8 Å². The summed E-state index contributed by atoms with van der Waals surface area (Å²) in [5.74, 6) is 0. The number of nitrogens with zero attached hydrogens (tertiary/aromatic N) is 6. The molecule has 6 aromatic rings. The van der Waals surface area contributed by atoms with E-state index < -0.39 is 0 Å². The topological polar surface area (TPSA) is 82.3 Å². The number of aryl methyl sites for hydroxylation is 2. The Morgan fingerprint density at radius 3 is 1.25 bits per heavy atom. The highest BCUT2D eigenvalue weighted by Crippen LogP contribution is 2.28. The molecule has 2 aromatic carbocycles. The minimum Gasteiger partial charge on any atom is -0.360 e. The van der Waals surface area contributed by atoms with Gasteiger partial charge in [-0.05, 0) is 94.8 Å². The minimum atomic E-state index is 0.852. The Morgan fingerprint density at radius 1 is 0.442 bits per heavy atom. The van der Waals surface area contributed by atoms with Crippen molar-refractivity contribution in [3.63, 3.8) is 0 Å². The molecule has 0 aliphatic carbocycles. The molecule has 0 radical (unpaired) electrons. The summed E-state index contributed by atoms with van der Waals surface area (Å²) in [7, 11) is 0. The van der Waals surface area contributed by atoms with Gasteiger partial charge in [0.1, 0.15) is 13.1 Å². The van der Waals surface area contributed by atoms with Crippen molar-refractivity contribution in [2.24, 2.45) is 9.98 Å². The Labute approximate surface area is 305 Å². The number of para-hydroxylation sites is 4. The molecule has 0 saturated carbocycles. The lowest BCUT2D eigenvalue weighted by atomic mass is 10.1. The molecule has 0 fully saturated rings. The van der Waals surface area contributed by atoms with E-state index in [-0.39, 0.29) is 0 Å². The molecule has 0 saturated heterocycles. The molecular weight excluding hydrogens is 641 g/mol. The molecule has 2 N–H and O–H groups in total. The maximum atomic E-state index is 4.96.